The molecule has 0 atom stereocenters. The number of carbonyl (C=O) groups excluding carboxylic acids is 1. The van der Waals surface area contributed by atoms with Gasteiger partial charge in [-0.2, -0.15) is 0 Å². The van der Waals surface area contributed by atoms with Crippen molar-refractivity contribution in [3.8, 4) is 12.3 Å². The molecular formula is C7H7N3OS. The lowest BCUT2D eigenvalue weighted by Crippen LogP contribution is -2.24. The molecule has 1 rings (SSSR count). The maximum atomic E-state index is 10.8. The number of aromatic nitrogens is 1. The minimum absolute atomic E-state index is 0.302. The molecule has 4 nitrogen and oxygen atoms in total. The maximum Gasteiger partial charge on any atom is 0.320 e. The van der Waals surface area contributed by atoms with Crippen LogP contribution in [0.4, 0.5) is 10.6 Å². The first kappa shape index (κ1) is 8.56. The van der Waals surface area contributed by atoms with E-state index in [0.717, 1.165) is 0 Å². The number of nitrogens with one attached hydrogen (secondary N) is 2. The van der Waals surface area contributed by atoms with Crippen LogP contribution in [0.25, 0.3) is 0 Å². The second kappa shape index (κ2) is 3.74. The van der Waals surface area contributed by atoms with Crippen LogP contribution in [-0.4, -0.2) is 18.1 Å². The molecule has 62 valence electrons. The maximum absolute atomic E-state index is 10.8. The van der Waals surface area contributed by atoms with E-state index in [4.69, 9.17) is 6.42 Å². The first-order chi connectivity index (χ1) is 5.76. The first-order valence-corrected chi connectivity index (χ1v) is 4.05. The van der Waals surface area contributed by atoms with Crippen molar-refractivity contribution in [3.05, 3.63) is 10.4 Å². The molecule has 5 heteroatoms. The number of anilines is 1. The molecule has 12 heavy (non-hydrogen) atoms. The summed E-state index contributed by atoms with van der Waals surface area (Å²) in [6.45, 7) is 0. The number of urea groups is 1. The van der Waals surface area contributed by atoms with Crippen LogP contribution in [0.15, 0.2) is 5.38 Å². The Morgan fingerprint density at radius 1 is 1.83 bits per heavy atom. The topological polar surface area (TPSA) is 54.0 Å². The Kier molecular flexibility index (Phi) is 2.66. The van der Waals surface area contributed by atoms with Crippen molar-refractivity contribution in [2.45, 2.75) is 0 Å². The van der Waals surface area contributed by atoms with Gasteiger partial charge < -0.3 is 5.32 Å². The van der Waals surface area contributed by atoms with Gasteiger partial charge in [0.05, 0.1) is 0 Å². The number of hydrogen-bond acceptors (Lipinski definition) is 3. The van der Waals surface area contributed by atoms with Crippen molar-refractivity contribution in [1.29, 1.82) is 0 Å². The third-order valence-electron chi connectivity index (χ3n) is 1.10. The van der Waals surface area contributed by atoms with E-state index in [1.165, 1.54) is 18.4 Å². The SMILES string of the molecule is C#Cc1nc(NC(=O)NC)cs1. The molecule has 0 saturated heterocycles. The number of carbonyl (C=O) groups is 1. The van der Waals surface area contributed by atoms with Crippen molar-refractivity contribution in [2.24, 2.45) is 0 Å². The van der Waals surface area contributed by atoms with E-state index in [1.807, 2.05) is 0 Å². The van der Waals surface area contributed by atoms with E-state index in [2.05, 4.69) is 21.5 Å². The van der Waals surface area contributed by atoms with Gasteiger partial charge in [0.2, 0.25) is 0 Å². The van der Waals surface area contributed by atoms with E-state index >= 15 is 0 Å². The number of nitrogens with zero attached hydrogens (tertiary/aromatic N) is 1. The van der Waals surface area contributed by atoms with Gasteiger partial charge in [-0.1, -0.05) is 0 Å². The van der Waals surface area contributed by atoms with Gasteiger partial charge in [-0.05, 0) is 5.92 Å². The second-order valence-electron chi connectivity index (χ2n) is 1.89. The molecule has 1 heterocycles. The monoisotopic (exact) mass is 181 g/mol. The van der Waals surface area contributed by atoms with E-state index in [0.29, 0.717) is 10.8 Å². The average molecular weight is 181 g/mol. The van der Waals surface area contributed by atoms with E-state index in [-0.39, 0.29) is 6.03 Å². The zero-order chi connectivity index (χ0) is 8.97. The predicted molar refractivity (Wildman–Crippen MR) is 48.1 cm³/mol. The van der Waals surface area contributed by atoms with Crippen LogP contribution in [-0.2, 0) is 0 Å². The van der Waals surface area contributed by atoms with Crippen LogP contribution >= 0.6 is 11.3 Å². The standard InChI is InChI=1S/C7H7N3OS/c1-3-6-9-5(4-12-6)10-7(11)8-2/h1,4H,2H3,(H2,8,10,11). The summed E-state index contributed by atoms with van der Waals surface area (Å²) in [7, 11) is 1.53. The van der Waals surface area contributed by atoms with E-state index < -0.39 is 0 Å². The van der Waals surface area contributed by atoms with Crippen molar-refractivity contribution < 1.29 is 4.79 Å². The van der Waals surface area contributed by atoms with Crippen LogP contribution in [0.3, 0.4) is 0 Å². The summed E-state index contributed by atoms with van der Waals surface area (Å²) in [5.41, 5.74) is 0. The van der Waals surface area contributed by atoms with Gasteiger partial charge >= 0.3 is 6.03 Å². The summed E-state index contributed by atoms with van der Waals surface area (Å²) in [5.74, 6) is 2.85. The molecule has 2 N–H and O–H groups in total. The minimum Gasteiger partial charge on any atom is -0.341 e. The zero-order valence-corrected chi connectivity index (χ0v) is 7.23. The van der Waals surface area contributed by atoms with Gasteiger partial charge in [0.25, 0.3) is 0 Å². The van der Waals surface area contributed by atoms with Crippen LogP contribution in [0.5, 0.6) is 0 Å². The Morgan fingerprint density at radius 3 is 3.08 bits per heavy atom. The van der Waals surface area contributed by atoms with Gasteiger partial charge in [-0.3, -0.25) is 5.32 Å². The summed E-state index contributed by atoms with van der Waals surface area (Å²) >= 11 is 1.31. The second-order valence-corrected chi connectivity index (χ2v) is 2.74. The molecule has 1 aromatic heterocycles. The third-order valence-corrected chi connectivity index (χ3v) is 1.87. The summed E-state index contributed by atoms with van der Waals surface area (Å²) in [6, 6.07) is -0.302. The highest BCUT2D eigenvalue weighted by atomic mass is 32.1. The highest BCUT2D eigenvalue weighted by Crippen LogP contribution is 2.12. The Hall–Kier alpha value is -1.54. The highest BCUT2D eigenvalue weighted by Gasteiger charge is 2.01. The third kappa shape index (κ3) is 1.97. The van der Waals surface area contributed by atoms with Crippen molar-refractivity contribution >= 4 is 23.2 Å². The molecule has 0 radical (unpaired) electrons. The molecular weight excluding hydrogens is 174 g/mol. The van der Waals surface area contributed by atoms with Crippen molar-refractivity contribution in [1.82, 2.24) is 10.3 Å². The fraction of sp³-hybridized carbons (Fsp3) is 0.143. The molecule has 0 aliphatic carbocycles. The Labute approximate surface area is 74.0 Å². The number of rotatable bonds is 1. The van der Waals surface area contributed by atoms with Gasteiger partial charge in [0.15, 0.2) is 5.01 Å². The normalized spacial score (nSPS) is 8.67. The number of hydrogen-bond donors (Lipinski definition) is 2. The number of terminal acetylenes is 1. The minimum atomic E-state index is -0.302. The molecule has 2 amide bonds. The molecule has 0 saturated carbocycles. The van der Waals surface area contributed by atoms with Gasteiger partial charge in [0, 0.05) is 12.4 Å². The molecule has 0 aliphatic heterocycles. The summed E-state index contributed by atoms with van der Waals surface area (Å²) < 4.78 is 0. The quantitative estimate of drug-likeness (QED) is 0.632. The lowest BCUT2D eigenvalue weighted by molar-refractivity contribution is 0.254. The average Bonchev–Trinajstić information content (AvgIpc) is 2.52. The molecule has 0 unspecified atom stereocenters. The Balaban J connectivity index is 2.65. The van der Waals surface area contributed by atoms with Crippen LogP contribution < -0.4 is 10.6 Å². The van der Waals surface area contributed by atoms with E-state index in [1.54, 1.807) is 5.38 Å². The fourth-order valence-corrected chi connectivity index (χ4v) is 1.13. The summed E-state index contributed by atoms with van der Waals surface area (Å²) in [6.07, 6.45) is 5.10. The molecule has 0 bridgehead atoms. The number of thiazole rings is 1. The van der Waals surface area contributed by atoms with Gasteiger partial charge in [-0.15, -0.1) is 17.8 Å². The van der Waals surface area contributed by atoms with Gasteiger partial charge in [0.1, 0.15) is 5.82 Å². The van der Waals surface area contributed by atoms with Crippen LogP contribution in [0.2, 0.25) is 0 Å². The lowest BCUT2D eigenvalue weighted by Gasteiger charge is -1.97. The number of amides is 2. The Bertz CT molecular complexity index is 326. The summed E-state index contributed by atoms with van der Waals surface area (Å²) in [5, 5.41) is 7.15. The van der Waals surface area contributed by atoms with Crippen molar-refractivity contribution in [3.63, 3.8) is 0 Å². The molecule has 0 spiro atoms. The fourth-order valence-electron chi connectivity index (χ4n) is 0.576. The van der Waals surface area contributed by atoms with E-state index in [9.17, 15) is 4.79 Å². The van der Waals surface area contributed by atoms with Crippen molar-refractivity contribution in [2.75, 3.05) is 12.4 Å². The zero-order valence-electron chi connectivity index (χ0n) is 6.42. The summed E-state index contributed by atoms with van der Waals surface area (Å²) in [4.78, 5) is 14.7. The first-order valence-electron chi connectivity index (χ1n) is 3.17. The van der Waals surface area contributed by atoms with Crippen LogP contribution in [0.1, 0.15) is 5.01 Å². The smallest absolute Gasteiger partial charge is 0.320 e. The Morgan fingerprint density at radius 2 is 2.58 bits per heavy atom. The molecule has 1 aromatic rings. The molecule has 0 aliphatic rings. The predicted octanol–water partition coefficient (Wildman–Crippen LogP) is 0.876. The largest absolute Gasteiger partial charge is 0.341 e. The van der Waals surface area contributed by atoms with Gasteiger partial charge in [-0.25, -0.2) is 9.78 Å². The highest BCUT2D eigenvalue weighted by molar-refractivity contribution is 7.10. The lowest BCUT2D eigenvalue weighted by atomic mass is 10.7. The molecule has 0 fully saturated rings. The molecule has 0 aromatic carbocycles. The van der Waals surface area contributed by atoms with Crippen LogP contribution in [0, 0.1) is 12.3 Å².